The normalized spacial score (nSPS) is 36.0. The highest BCUT2D eigenvalue weighted by atomic mass is 16.8. The molecule has 0 radical (unpaired) electrons. The maximum absolute atomic E-state index is 11.9. The zero-order valence-corrected chi connectivity index (χ0v) is 9.92. The smallest absolute Gasteiger partial charge is 0.424 e. The van der Waals surface area contributed by atoms with E-state index in [2.05, 4.69) is 4.98 Å². The van der Waals surface area contributed by atoms with Crippen LogP contribution in [0.5, 0.6) is 0 Å². The molecule has 2 aliphatic rings. The Balaban J connectivity index is 2.04. The largest absolute Gasteiger partial charge is 0.509 e. The Morgan fingerprint density at radius 2 is 2.20 bits per heavy atom. The Labute approximate surface area is 112 Å². The predicted octanol–water partition coefficient (Wildman–Crippen LogP) is -1.16. The van der Waals surface area contributed by atoms with Crippen LogP contribution in [0.25, 0.3) is 0 Å². The topological polar surface area (TPSA) is 132 Å². The van der Waals surface area contributed by atoms with Crippen LogP contribution in [0.15, 0.2) is 17.1 Å². The van der Waals surface area contributed by atoms with Crippen molar-refractivity contribution in [1.82, 2.24) is 9.55 Å². The number of aliphatic hydroxyl groups excluding tert-OH is 1. The second-order valence-electron chi connectivity index (χ2n) is 4.13. The highest BCUT2D eigenvalue weighted by Crippen LogP contribution is 2.36. The Bertz CT molecular complexity index is 637. The van der Waals surface area contributed by atoms with E-state index in [4.69, 9.17) is 20.8 Å². The standard InChI is InChI=1S/C10H11N3O7/c14-3-4-6-7(20-10(16)19-6)8(18-4)13-2-1-5(12-17)11-9(13)15/h1-2,4,6-8,14,17H,3H2,(H,11,12,15)/t4-,6-,7-,8-/m1/s1/i8D. The van der Waals surface area contributed by atoms with Crippen molar-refractivity contribution < 1.29 is 30.7 Å². The molecule has 1 aromatic rings. The highest BCUT2D eigenvalue weighted by Gasteiger charge is 2.55. The monoisotopic (exact) mass is 286 g/mol. The highest BCUT2D eigenvalue weighted by molar-refractivity contribution is 5.63. The first-order chi connectivity index (χ1) is 9.99. The van der Waals surface area contributed by atoms with E-state index in [1.165, 1.54) is 6.07 Å². The van der Waals surface area contributed by atoms with Gasteiger partial charge in [0.1, 0.15) is 6.10 Å². The number of carbonyl (C=O) groups excluding carboxylic acids is 1. The molecular formula is C10H11N3O7. The van der Waals surface area contributed by atoms with Crippen molar-refractivity contribution in [2.45, 2.75) is 24.5 Å². The van der Waals surface area contributed by atoms with E-state index in [0.29, 0.717) is 0 Å². The van der Waals surface area contributed by atoms with E-state index in [9.17, 15) is 14.7 Å². The predicted molar refractivity (Wildman–Crippen MR) is 60.0 cm³/mol. The third-order valence-electron chi connectivity index (χ3n) is 2.97. The van der Waals surface area contributed by atoms with Gasteiger partial charge in [-0.05, 0) is 6.07 Å². The van der Waals surface area contributed by atoms with Gasteiger partial charge >= 0.3 is 11.8 Å². The summed E-state index contributed by atoms with van der Waals surface area (Å²) in [6.45, 7) is -0.517. The van der Waals surface area contributed by atoms with Gasteiger partial charge in [-0.15, -0.1) is 0 Å². The minimum Gasteiger partial charge on any atom is -0.424 e. The summed E-state index contributed by atoms with van der Waals surface area (Å²) in [4.78, 5) is 26.6. The number of ether oxygens (including phenoxy) is 3. The number of aliphatic hydroxyl groups is 1. The third kappa shape index (κ3) is 1.90. The van der Waals surface area contributed by atoms with Gasteiger partial charge in [0.05, 0.1) is 7.98 Å². The Kier molecular flexibility index (Phi) is 2.76. The van der Waals surface area contributed by atoms with E-state index in [1.807, 2.05) is 0 Å². The number of hydrogen-bond acceptors (Lipinski definition) is 9. The van der Waals surface area contributed by atoms with Gasteiger partial charge in [0.2, 0.25) is 0 Å². The van der Waals surface area contributed by atoms with Crippen molar-refractivity contribution in [1.29, 1.82) is 0 Å². The third-order valence-corrected chi connectivity index (χ3v) is 2.97. The summed E-state index contributed by atoms with van der Waals surface area (Å²) in [5, 5.41) is 17.9. The van der Waals surface area contributed by atoms with Gasteiger partial charge in [-0.2, -0.15) is 4.98 Å². The zero-order chi connectivity index (χ0) is 15.2. The van der Waals surface area contributed by atoms with E-state index >= 15 is 0 Å². The van der Waals surface area contributed by atoms with E-state index in [0.717, 1.165) is 10.8 Å². The van der Waals surface area contributed by atoms with Crippen LogP contribution in [0.1, 0.15) is 7.57 Å². The molecule has 4 atom stereocenters. The summed E-state index contributed by atoms with van der Waals surface area (Å²) >= 11 is 0. The molecule has 0 aromatic carbocycles. The molecule has 1 aromatic heterocycles. The van der Waals surface area contributed by atoms with Crippen molar-refractivity contribution in [3.05, 3.63) is 22.7 Å². The molecule has 0 unspecified atom stereocenters. The first kappa shape index (κ1) is 11.6. The second kappa shape index (κ2) is 4.74. The molecule has 0 amide bonds. The van der Waals surface area contributed by atoms with Gasteiger partial charge in [-0.3, -0.25) is 15.3 Å². The summed E-state index contributed by atoms with van der Waals surface area (Å²) in [5.74, 6) is -0.118. The molecule has 2 aliphatic heterocycles. The van der Waals surface area contributed by atoms with Crippen LogP contribution in [0.3, 0.4) is 0 Å². The van der Waals surface area contributed by atoms with Gasteiger partial charge in [0, 0.05) is 6.20 Å². The molecule has 2 saturated heterocycles. The number of aromatic nitrogens is 2. The van der Waals surface area contributed by atoms with E-state index < -0.39 is 43.0 Å². The minimum absolute atomic E-state index is 0.118. The van der Waals surface area contributed by atoms with Crippen molar-refractivity contribution in [3.8, 4) is 0 Å². The van der Waals surface area contributed by atoms with Crippen molar-refractivity contribution >= 4 is 12.0 Å². The maximum atomic E-state index is 11.9. The molecule has 2 fully saturated rings. The van der Waals surface area contributed by atoms with Crippen LogP contribution in [-0.2, 0) is 14.2 Å². The van der Waals surface area contributed by atoms with Crippen LogP contribution in [0, 0.1) is 0 Å². The van der Waals surface area contributed by atoms with Gasteiger partial charge in [-0.1, -0.05) is 0 Å². The first-order valence-corrected chi connectivity index (χ1v) is 5.66. The van der Waals surface area contributed by atoms with Gasteiger partial charge < -0.3 is 19.3 Å². The second-order valence-corrected chi connectivity index (χ2v) is 4.13. The van der Waals surface area contributed by atoms with Crippen LogP contribution >= 0.6 is 0 Å². The maximum Gasteiger partial charge on any atom is 0.509 e. The number of carbonyl (C=O) groups is 1. The first-order valence-electron chi connectivity index (χ1n) is 6.16. The fourth-order valence-electron chi connectivity index (χ4n) is 2.09. The van der Waals surface area contributed by atoms with Gasteiger partial charge in [-0.25, -0.2) is 9.59 Å². The van der Waals surface area contributed by atoms with Crippen LogP contribution in [-0.4, -0.2) is 50.9 Å². The molecule has 0 bridgehead atoms. The SMILES string of the molecule is [2H][C@@]1(n2ccc(NO)nc2=O)O[C@H](CO)[C@H]2OC(=O)O[C@H]21. The van der Waals surface area contributed by atoms with Gasteiger partial charge in [0.25, 0.3) is 0 Å². The van der Waals surface area contributed by atoms with E-state index in [1.54, 1.807) is 5.48 Å². The Hall–Kier alpha value is -2.17. The number of hydrogen-bond donors (Lipinski definition) is 3. The fraction of sp³-hybridized carbons (Fsp3) is 0.500. The molecule has 10 nitrogen and oxygen atoms in total. The lowest BCUT2D eigenvalue weighted by Crippen LogP contribution is -2.34. The van der Waals surface area contributed by atoms with Crippen LogP contribution in [0.4, 0.5) is 10.6 Å². The average Bonchev–Trinajstić information content (AvgIpc) is 2.97. The van der Waals surface area contributed by atoms with Crippen molar-refractivity contribution in [3.63, 3.8) is 0 Å². The quantitative estimate of drug-likeness (QED) is 0.464. The van der Waals surface area contributed by atoms with Gasteiger partial charge in [0.15, 0.2) is 24.2 Å². The molecule has 108 valence electrons. The summed E-state index contributed by atoms with van der Waals surface area (Å²) in [6.07, 6.45) is -5.21. The zero-order valence-electron chi connectivity index (χ0n) is 10.9. The molecule has 0 saturated carbocycles. The number of anilines is 1. The molecular weight excluding hydrogens is 274 g/mol. The minimum atomic E-state index is -2.12. The molecule has 3 rings (SSSR count). The molecule has 10 heteroatoms. The van der Waals surface area contributed by atoms with Crippen molar-refractivity contribution in [2.75, 3.05) is 12.1 Å². The lowest BCUT2D eigenvalue weighted by atomic mass is 10.1. The molecule has 3 heterocycles. The molecule has 3 N–H and O–H groups in total. The van der Waals surface area contributed by atoms with Crippen molar-refractivity contribution in [2.24, 2.45) is 0 Å². The lowest BCUT2D eigenvalue weighted by Gasteiger charge is -2.17. The van der Waals surface area contributed by atoms with E-state index in [-0.39, 0.29) is 5.82 Å². The Morgan fingerprint density at radius 3 is 2.85 bits per heavy atom. The number of rotatable bonds is 3. The number of nitrogens with one attached hydrogen (secondary N) is 1. The number of fused-ring (bicyclic) bond motifs is 1. The lowest BCUT2D eigenvalue weighted by molar-refractivity contribution is -0.0735. The molecule has 0 aliphatic carbocycles. The Morgan fingerprint density at radius 1 is 1.45 bits per heavy atom. The molecule has 0 spiro atoms. The molecule has 20 heavy (non-hydrogen) atoms. The summed E-state index contributed by atoms with van der Waals surface area (Å²) < 4.78 is 24.1. The van der Waals surface area contributed by atoms with Crippen LogP contribution < -0.4 is 11.2 Å². The summed E-state index contributed by atoms with van der Waals surface area (Å²) in [5.41, 5.74) is 0.782. The number of nitrogens with zero attached hydrogens (tertiary/aromatic N) is 2. The summed E-state index contributed by atoms with van der Waals surface area (Å²) in [7, 11) is 0. The fourth-order valence-corrected chi connectivity index (χ4v) is 2.09. The summed E-state index contributed by atoms with van der Waals surface area (Å²) in [6, 6.07) is 1.22. The average molecular weight is 286 g/mol. The van der Waals surface area contributed by atoms with Crippen LogP contribution in [0.2, 0.25) is 0 Å².